The largest absolute Gasteiger partial charge is 0.459 e. The zero-order chi connectivity index (χ0) is 11.8. The fourth-order valence-electron chi connectivity index (χ4n) is 1.39. The van der Waals surface area contributed by atoms with Crippen molar-refractivity contribution < 1.29 is 9.53 Å². The molecule has 0 unspecified atom stereocenters. The quantitative estimate of drug-likeness (QED) is 0.732. The lowest BCUT2D eigenvalue weighted by Gasteiger charge is -2.09. The number of carbonyl (C=O) groups is 1. The maximum atomic E-state index is 11.6. The summed E-state index contributed by atoms with van der Waals surface area (Å²) in [5.41, 5.74) is 1.16. The standard InChI is InChI=1S/C12H14N2O2/c1-8(2)16-11(15)9-4-6-10(7-5-9)12(3)13-14-12/h4-8H,1-3H3. The average Bonchev–Trinajstić information content (AvgIpc) is 2.97. The van der Waals surface area contributed by atoms with Gasteiger partial charge in [0.25, 0.3) is 0 Å². The van der Waals surface area contributed by atoms with E-state index in [0.29, 0.717) is 5.56 Å². The fourth-order valence-corrected chi connectivity index (χ4v) is 1.39. The summed E-state index contributed by atoms with van der Waals surface area (Å²) in [5, 5.41) is 7.87. The summed E-state index contributed by atoms with van der Waals surface area (Å²) in [6.45, 7) is 5.58. The van der Waals surface area contributed by atoms with Crippen LogP contribution in [0.25, 0.3) is 0 Å². The van der Waals surface area contributed by atoms with Gasteiger partial charge in [0.15, 0.2) is 0 Å². The molecule has 16 heavy (non-hydrogen) atoms. The van der Waals surface area contributed by atoms with Crippen LogP contribution in [0.4, 0.5) is 0 Å². The lowest BCUT2D eigenvalue weighted by atomic mass is 10.0. The highest BCUT2D eigenvalue weighted by Gasteiger charge is 2.35. The first-order valence-corrected chi connectivity index (χ1v) is 5.27. The lowest BCUT2D eigenvalue weighted by molar-refractivity contribution is 0.0378. The molecular formula is C12H14N2O2. The minimum atomic E-state index is -0.388. The Morgan fingerprint density at radius 1 is 1.25 bits per heavy atom. The zero-order valence-electron chi connectivity index (χ0n) is 9.60. The summed E-state index contributed by atoms with van der Waals surface area (Å²) in [6, 6.07) is 7.21. The molecule has 1 aromatic rings. The summed E-state index contributed by atoms with van der Waals surface area (Å²) in [7, 11) is 0. The minimum Gasteiger partial charge on any atom is -0.459 e. The van der Waals surface area contributed by atoms with Crippen LogP contribution in [0, 0.1) is 0 Å². The maximum Gasteiger partial charge on any atom is 0.338 e. The van der Waals surface area contributed by atoms with E-state index in [9.17, 15) is 4.79 Å². The molecule has 1 aliphatic heterocycles. The van der Waals surface area contributed by atoms with E-state index in [4.69, 9.17) is 4.74 Å². The number of carbonyl (C=O) groups excluding carboxylic acids is 1. The topological polar surface area (TPSA) is 51.0 Å². The fraction of sp³-hybridized carbons (Fsp3) is 0.417. The summed E-state index contributed by atoms with van der Waals surface area (Å²) < 4.78 is 5.09. The zero-order valence-corrected chi connectivity index (χ0v) is 9.60. The van der Waals surface area contributed by atoms with E-state index in [1.54, 1.807) is 12.1 Å². The molecule has 1 heterocycles. The van der Waals surface area contributed by atoms with Gasteiger partial charge in [0.2, 0.25) is 5.66 Å². The lowest BCUT2D eigenvalue weighted by Crippen LogP contribution is -2.12. The second kappa shape index (κ2) is 3.70. The van der Waals surface area contributed by atoms with Crippen LogP contribution in [0.5, 0.6) is 0 Å². The number of esters is 1. The van der Waals surface area contributed by atoms with Gasteiger partial charge >= 0.3 is 5.97 Å². The average molecular weight is 218 g/mol. The van der Waals surface area contributed by atoms with Gasteiger partial charge in [-0.3, -0.25) is 0 Å². The second-order valence-electron chi connectivity index (χ2n) is 4.25. The molecule has 0 spiro atoms. The number of rotatable bonds is 3. The van der Waals surface area contributed by atoms with Crippen LogP contribution < -0.4 is 0 Å². The molecule has 1 aromatic carbocycles. The van der Waals surface area contributed by atoms with Crippen molar-refractivity contribution in [3.05, 3.63) is 35.4 Å². The van der Waals surface area contributed by atoms with E-state index >= 15 is 0 Å². The molecule has 4 nitrogen and oxygen atoms in total. The Kier molecular flexibility index (Phi) is 2.50. The van der Waals surface area contributed by atoms with Crippen molar-refractivity contribution in [2.75, 3.05) is 0 Å². The van der Waals surface area contributed by atoms with Crippen molar-refractivity contribution in [2.45, 2.75) is 32.5 Å². The highest BCUT2D eigenvalue weighted by Crippen LogP contribution is 2.38. The van der Waals surface area contributed by atoms with E-state index < -0.39 is 0 Å². The van der Waals surface area contributed by atoms with Crippen LogP contribution in [-0.4, -0.2) is 12.1 Å². The van der Waals surface area contributed by atoms with E-state index in [1.807, 2.05) is 32.9 Å². The number of hydrogen-bond acceptors (Lipinski definition) is 4. The summed E-state index contributed by atoms with van der Waals surface area (Å²) >= 11 is 0. The minimum absolute atomic E-state index is 0.0990. The van der Waals surface area contributed by atoms with Crippen LogP contribution in [0.3, 0.4) is 0 Å². The summed E-state index contributed by atoms with van der Waals surface area (Å²) in [4.78, 5) is 11.6. The Hall–Kier alpha value is -1.71. The van der Waals surface area contributed by atoms with Crippen molar-refractivity contribution in [2.24, 2.45) is 10.2 Å². The molecule has 0 saturated heterocycles. The normalized spacial score (nSPS) is 16.2. The van der Waals surface area contributed by atoms with Crippen LogP contribution in [0.1, 0.15) is 36.7 Å². The third-order valence-electron chi connectivity index (χ3n) is 2.41. The van der Waals surface area contributed by atoms with E-state index in [2.05, 4.69) is 10.2 Å². The Labute approximate surface area is 94.3 Å². The van der Waals surface area contributed by atoms with Gasteiger partial charge in [-0.2, -0.15) is 10.2 Å². The highest BCUT2D eigenvalue weighted by molar-refractivity contribution is 5.89. The van der Waals surface area contributed by atoms with Gasteiger partial charge in [-0.15, -0.1) is 0 Å². The molecule has 0 radical (unpaired) electrons. The van der Waals surface area contributed by atoms with Crippen molar-refractivity contribution in [1.29, 1.82) is 0 Å². The maximum absolute atomic E-state index is 11.6. The molecule has 0 N–H and O–H groups in total. The Morgan fingerprint density at radius 2 is 1.81 bits per heavy atom. The van der Waals surface area contributed by atoms with Crippen LogP contribution >= 0.6 is 0 Å². The van der Waals surface area contributed by atoms with E-state index in [1.165, 1.54) is 0 Å². The Bertz CT molecular complexity index is 429. The van der Waals surface area contributed by atoms with Gasteiger partial charge in [-0.25, -0.2) is 4.79 Å². The van der Waals surface area contributed by atoms with Crippen molar-refractivity contribution >= 4 is 5.97 Å². The molecular weight excluding hydrogens is 204 g/mol. The van der Waals surface area contributed by atoms with Gasteiger partial charge < -0.3 is 4.74 Å². The van der Waals surface area contributed by atoms with Gasteiger partial charge in [0.05, 0.1) is 11.7 Å². The summed E-state index contributed by atoms with van der Waals surface area (Å²) in [6.07, 6.45) is -0.0990. The summed E-state index contributed by atoms with van der Waals surface area (Å²) in [5.74, 6) is -0.295. The Balaban J connectivity index is 2.10. The molecule has 4 heteroatoms. The number of nitrogens with zero attached hydrogens (tertiary/aromatic N) is 2. The first-order chi connectivity index (χ1) is 7.51. The third kappa shape index (κ3) is 2.10. The van der Waals surface area contributed by atoms with Crippen LogP contribution in [0.15, 0.2) is 34.5 Å². The molecule has 2 rings (SSSR count). The van der Waals surface area contributed by atoms with Crippen molar-refractivity contribution in [1.82, 2.24) is 0 Å². The van der Waals surface area contributed by atoms with E-state index in [-0.39, 0.29) is 17.7 Å². The monoisotopic (exact) mass is 218 g/mol. The van der Waals surface area contributed by atoms with Gasteiger partial charge in [0.1, 0.15) is 0 Å². The predicted octanol–water partition coefficient (Wildman–Crippen LogP) is 2.89. The molecule has 0 amide bonds. The van der Waals surface area contributed by atoms with Gasteiger partial charge in [-0.1, -0.05) is 12.1 Å². The van der Waals surface area contributed by atoms with E-state index in [0.717, 1.165) is 5.56 Å². The van der Waals surface area contributed by atoms with Crippen molar-refractivity contribution in [3.8, 4) is 0 Å². The smallest absolute Gasteiger partial charge is 0.338 e. The SMILES string of the molecule is CC(C)OC(=O)c1ccc(C2(C)N=N2)cc1. The molecule has 84 valence electrons. The molecule has 1 aliphatic rings. The molecule has 0 aliphatic carbocycles. The predicted molar refractivity (Wildman–Crippen MR) is 59.2 cm³/mol. The van der Waals surface area contributed by atoms with Crippen LogP contribution in [0.2, 0.25) is 0 Å². The molecule has 0 bridgehead atoms. The number of ether oxygens (including phenoxy) is 1. The third-order valence-corrected chi connectivity index (χ3v) is 2.41. The van der Waals surface area contributed by atoms with Gasteiger partial charge in [0, 0.05) is 5.56 Å². The highest BCUT2D eigenvalue weighted by atomic mass is 16.5. The second-order valence-corrected chi connectivity index (χ2v) is 4.25. The number of benzene rings is 1. The Morgan fingerprint density at radius 3 is 2.25 bits per heavy atom. The molecule has 0 saturated carbocycles. The van der Waals surface area contributed by atoms with Crippen LogP contribution in [-0.2, 0) is 10.4 Å². The number of hydrogen-bond donors (Lipinski definition) is 0. The van der Waals surface area contributed by atoms with Gasteiger partial charge in [-0.05, 0) is 32.9 Å². The first-order valence-electron chi connectivity index (χ1n) is 5.27. The molecule has 0 atom stereocenters. The molecule has 0 fully saturated rings. The molecule has 0 aromatic heterocycles. The van der Waals surface area contributed by atoms with Crippen molar-refractivity contribution in [3.63, 3.8) is 0 Å². The first kappa shape index (κ1) is 10.8.